The van der Waals surface area contributed by atoms with E-state index in [-0.39, 0.29) is 23.3 Å². The number of hydrogen-bond acceptors (Lipinski definition) is 3. The first-order chi connectivity index (χ1) is 11.5. The lowest BCUT2D eigenvalue weighted by atomic mass is 9.94. The maximum Gasteiger partial charge on any atom is 0.231 e. The molecule has 0 radical (unpaired) electrons. The highest BCUT2D eigenvalue weighted by atomic mass is 16.2. The van der Waals surface area contributed by atoms with Crippen LogP contribution in [0.15, 0.2) is 24.3 Å². The molecule has 24 heavy (non-hydrogen) atoms. The number of carbonyl (C=O) groups is 2. The normalized spacial score (nSPS) is 20.5. The van der Waals surface area contributed by atoms with Crippen molar-refractivity contribution in [3.05, 3.63) is 35.4 Å². The maximum atomic E-state index is 12.6. The van der Waals surface area contributed by atoms with Crippen molar-refractivity contribution >= 4 is 11.8 Å². The Balaban J connectivity index is 1.50. The minimum Gasteiger partial charge on any atom is -0.369 e. The van der Waals surface area contributed by atoms with Gasteiger partial charge in [-0.25, -0.2) is 0 Å². The molecule has 1 saturated carbocycles. The minimum atomic E-state index is -0.298. The Morgan fingerprint density at radius 2 is 1.83 bits per heavy atom. The minimum absolute atomic E-state index is 0.0311. The molecule has 1 aromatic rings. The van der Waals surface area contributed by atoms with Gasteiger partial charge in [-0.15, -0.1) is 0 Å². The second kappa shape index (κ2) is 6.93. The summed E-state index contributed by atoms with van der Waals surface area (Å²) in [6.07, 6.45) is 4.65. The van der Waals surface area contributed by atoms with Gasteiger partial charge in [-0.3, -0.25) is 14.5 Å². The lowest BCUT2D eigenvalue weighted by Gasteiger charge is -2.31. The van der Waals surface area contributed by atoms with E-state index in [2.05, 4.69) is 36.5 Å². The lowest BCUT2D eigenvalue weighted by Crippen LogP contribution is -2.47. The lowest BCUT2D eigenvalue weighted by molar-refractivity contribution is -0.127. The number of carbonyl (C=O) groups excluding carboxylic acids is 2. The Hall–Kier alpha value is -1.88. The molecule has 2 amide bonds. The van der Waals surface area contributed by atoms with Crippen LogP contribution in [-0.2, 0) is 16.0 Å². The Morgan fingerprint density at radius 3 is 2.38 bits per heavy atom. The molecule has 1 saturated heterocycles. The third-order valence-corrected chi connectivity index (χ3v) is 5.24. The van der Waals surface area contributed by atoms with E-state index >= 15 is 0 Å². The van der Waals surface area contributed by atoms with Crippen LogP contribution < -0.4 is 11.1 Å². The fourth-order valence-electron chi connectivity index (χ4n) is 3.53. The Labute approximate surface area is 143 Å². The predicted octanol–water partition coefficient (Wildman–Crippen LogP) is 1.38. The third-order valence-electron chi connectivity index (χ3n) is 5.24. The predicted molar refractivity (Wildman–Crippen MR) is 93.3 cm³/mol. The Kier molecular flexibility index (Phi) is 4.90. The smallest absolute Gasteiger partial charge is 0.231 e. The number of likely N-dealkylation sites (tertiary alicyclic amines) is 1. The summed E-state index contributed by atoms with van der Waals surface area (Å²) in [5, 5.41) is 3.31. The third kappa shape index (κ3) is 4.35. The zero-order chi connectivity index (χ0) is 17.2. The molecule has 5 heteroatoms. The standard InChI is InChI=1S/C19H27N3O2/c1-14-2-4-15(5-3-14)12-19(8-9-19)21-18(24)16-6-10-22(11-7-16)13-17(20)23/h2-5,16H,6-13H2,1H3,(H2,20,23)(H,21,24). The molecule has 0 aromatic heterocycles. The molecule has 1 heterocycles. The van der Waals surface area contributed by atoms with Crippen LogP contribution in [-0.4, -0.2) is 41.9 Å². The number of nitrogens with zero attached hydrogens (tertiary/aromatic N) is 1. The first-order valence-corrected chi connectivity index (χ1v) is 8.84. The number of nitrogens with one attached hydrogen (secondary N) is 1. The van der Waals surface area contributed by atoms with E-state index < -0.39 is 0 Å². The summed E-state index contributed by atoms with van der Waals surface area (Å²) in [5.41, 5.74) is 7.75. The number of nitrogens with two attached hydrogens (primary N) is 1. The summed E-state index contributed by atoms with van der Waals surface area (Å²) in [6, 6.07) is 8.57. The quantitative estimate of drug-likeness (QED) is 0.828. The van der Waals surface area contributed by atoms with Gasteiger partial charge in [0.2, 0.25) is 11.8 Å². The average molecular weight is 329 g/mol. The van der Waals surface area contributed by atoms with Crippen molar-refractivity contribution in [3.63, 3.8) is 0 Å². The number of piperidine rings is 1. The van der Waals surface area contributed by atoms with Gasteiger partial charge >= 0.3 is 0 Å². The van der Waals surface area contributed by atoms with Gasteiger partial charge in [0.15, 0.2) is 0 Å². The monoisotopic (exact) mass is 329 g/mol. The van der Waals surface area contributed by atoms with Crippen molar-refractivity contribution in [2.24, 2.45) is 11.7 Å². The van der Waals surface area contributed by atoms with E-state index in [1.54, 1.807) is 0 Å². The molecule has 0 spiro atoms. The molecule has 1 aliphatic heterocycles. The second-order valence-electron chi connectivity index (χ2n) is 7.45. The van der Waals surface area contributed by atoms with E-state index in [1.807, 2.05) is 4.90 Å². The molecule has 1 aliphatic carbocycles. The molecule has 130 valence electrons. The largest absolute Gasteiger partial charge is 0.369 e. The van der Waals surface area contributed by atoms with Crippen molar-refractivity contribution in [2.45, 2.75) is 44.6 Å². The number of hydrogen-bond donors (Lipinski definition) is 2. The first kappa shape index (κ1) is 17.0. The molecule has 2 aliphatic rings. The molecule has 0 unspecified atom stereocenters. The van der Waals surface area contributed by atoms with Crippen molar-refractivity contribution in [1.29, 1.82) is 0 Å². The van der Waals surface area contributed by atoms with Gasteiger partial charge in [0.25, 0.3) is 0 Å². The zero-order valence-electron chi connectivity index (χ0n) is 14.4. The second-order valence-corrected chi connectivity index (χ2v) is 7.45. The first-order valence-electron chi connectivity index (χ1n) is 8.84. The number of aryl methyl sites for hydroxylation is 1. The number of rotatable bonds is 6. The topological polar surface area (TPSA) is 75.4 Å². The van der Waals surface area contributed by atoms with E-state index in [4.69, 9.17) is 5.73 Å². The van der Waals surface area contributed by atoms with Gasteiger partial charge < -0.3 is 11.1 Å². The molecular formula is C19H27N3O2. The Bertz CT molecular complexity index is 600. The highest BCUT2D eigenvalue weighted by Crippen LogP contribution is 2.39. The molecule has 3 N–H and O–H groups in total. The van der Waals surface area contributed by atoms with Gasteiger partial charge in [-0.1, -0.05) is 29.8 Å². The van der Waals surface area contributed by atoms with E-state index in [0.717, 1.165) is 45.2 Å². The molecule has 0 atom stereocenters. The van der Waals surface area contributed by atoms with Crippen molar-refractivity contribution in [3.8, 4) is 0 Å². The summed E-state index contributed by atoms with van der Waals surface area (Å²) in [4.78, 5) is 25.6. The van der Waals surface area contributed by atoms with Crippen LogP contribution >= 0.6 is 0 Å². The van der Waals surface area contributed by atoms with Crippen LogP contribution in [0.1, 0.15) is 36.8 Å². The number of amides is 2. The Morgan fingerprint density at radius 1 is 1.21 bits per heavy atom. The number of benzene rings is 1. The van der Waals surface area contributed by atoms with Crippen molar-refractivity contribution in [1.82, 2.24) is 10.2 Å². The fraction of sp³-hybridized carbons (Fsp3) is 0.579. The van der Waals surface area contributed by atoms with Crippen LogP contribution in [0.2, 0.25) is 0 Å². The highest BCUT2D eigenvalue weighted by Gasteiger charge is 2.45. The van der Waals surface area contributed by atoms with Gasteiger partial charge in [0.05, 0.1) is 6.54 Å². The van der Waals surface area contributed by atoms with Gasteiger partial charge in [-0.2, -0.15) is 0 Å². The van der Waals surface area contributed by atoms with Crippen LogP contribution in [0.4, 0.5) is 0 Å². The van der Waals surface area contributed by atoms with Gasteiger partial charge in [0.1, 0.15) is 0 Å². The summed E-state index contributed by atoms with van der Waals surface area (Å²) in [6.45, 7) is 3.92. The van der Waals surface area contributed by atoms with Crippen LogP contribution in [0.5, 0.6) is 0 Å². The van der Waals surface area contributed by atoms with Crippen LogP contribution in [0, 0.1) is 12.8 Å². The van der Waals surface area contributed by atoms with Gasteiger partial charge in [-0.05, 0) is 57.7 Å². The summed E-state index contributed by atoms with van der Waals surface area (Å²) in [5.74, 6) is -0.0594. The molecule has 2 fully saturated rings. The molecular weight excluding hydrogens is 302 g/mol. The van der Waals surface area contributed by atoms with Crippen molar-refractivity contribution < 1.29 is 9.59 Å². The molecule has 5 nitrogen and oxygen atoms in total. The SMILES string of the molecule is Cc1ccc(CC2(NC(=O)C3CCN(CC(N)=O)CC3)CC2)cc1. The van der Waals surface area contributed by atoms with E-state index in [1.165, 1.54) is 11.1 Å². The summed E-state index contributed by atoms with van der Waals surface area (Å²) in [7, 11) is 0. The maximum absolute atomic E-state index is 12.6. The van der Waals surface area contributed by atoms with Crippen LogP contribution in [0.25, 0.3) is 0 Å². The molecule has 0 bridgehead atoms. The average Bonchev–Trinajstić information content (AvgIpc) is 3.29. The summed E-state index contributed by atoms with van der Waals surface area (Å²) < 4.78 is 0. The van der Waals surface area contributed by atoms with Crippen LogP contribution in [0.3, 0.4) is 0 Å². The molecule has 1 aromatic carbocycles. The summed E-state index contributed by atoms with van der Waals surface area (Å²) >= 11 is 0. The van der Waals surface area contributed by atoms with Crippen molar-refractivity contribution in [2.75, 3.05) is 19.6 Å². The highest BCUT2D eigenvalue weighted by molar-refractivity contribution is 5.80. The van der Waals surface area contributed by atoms with E-state index in [9.17, 15) is 9.59 Å². The molecule has 3 rings (SSSR count). The zero-order valence-corrected chi connectivity index (χ0v) is 14.4. The van der Waals surface area contributed by atoms with E-state index in [0.29, 0.717) is 6.54 Å². The fourth-order valence-corrected chi connectivity index (χ4v) is 3.53. The van der Waals surface area contributed by atoms with Gasteiger partial charge in [0, 0.05) is 11.5 Å². The number of primary amides is 1.